The van der Waals surface area contributed by atoms with Gasteiger partial charge < -0.3 is 30.4 Å². The molecule has 1 fully saturated rings. The minimum Gasteiger partial charge on any atom is -0.434 e. The molecule has 0 spiro atoms. The summed E-state index contributed by atoms with van der Waals surface area (Å²) in [5, 5.41) is 6.38. The summed E-state index contributed by atoms with van der Waals surface area (Å²) in [5.74, 6) is -0.733. The Balaban J connectivity index is 1.55. The third-order valence-electron chi connectivity index (χ3n) is 7.03. The highest BCUT2D eigenvalue weighted by Gasteiger charge is 2.31. The van der Waals surface area contributed by atoms with Crippen LogP contribution < -0.4 is 21.1 Å². The number of carbonyl (C=O) groups excluding carboxylic acids is 1. The average Bonchev–Trinajstić information content (AvgIpc) is 3.23. The predicted octanol–water partition coefficient (Wildman–Crippen LogP) is 5.68. The summed E-state index contributed by atoms with van der Waals surface area (Å²) >= 11 is 0. The van der Waals surface area contributed by atoms with Gasteiger partial charge in [0.1, 0.15) is 36.4 Å². The highest BCUT2D eigenvalue weighted by atomic mass is 19.3. The quantitative estimate of drug-likeness (QED) is 0.119. The molecule has 0 aliphatic heterocycles. The van der Waals surface area contributed by atoms with E-state index in [2.05, 4.69) is 27.2 Å². The van der Waals surface area contributed by atoms with Crippen LogP contribution in [-0.4, -0.2) is 52.6 Å². The molecule has 2 aromatic carbocycles. The van der Waals surface area contributed by atoms with Gasteiger partial charge >= 0.3 is 6.61 Å². The van der Waals surface area contributed by atoms with Crippen molar-refractivity contribution in [2.75, 3.05) is 24.4 Å². The van der Waals surface area contributed by atoms with Crippen LogP contribution in [0.15, 0.2) is 60.9 Å². The van der Waals surface area contributed by atoms with Gasteiger partial charge in [0.25, 0.3) is 5.91 Å². The average molecular weight is 581 g/mol. The van der Waals surface area contributed by atoms with Gasteiger partial charge in [-0.1, -0.05) is 30.4 Å². The summed E-state index contributed by atoms with van der Waals surface area (Å²) in [6.45, 7) is 3.27. The number of nitrogen functional groups attached to an aromatic ring is 1. The SMILES string of the molecule is C=C(C)COCNc1ccc(-c2c(-c3ccc(C(=O)NC4CC(F)C4)c(OC(F)F)c3)c3c(N)ncnc3n2C)cc1. The molecule has 1 saturated carbocycles. The van der Waals surface area contributed by atoms with E-state index in [0.29, 0.717) is 41.2 Å². The summed E-state index contributed by atoms with van der Waals surface area (Å²) in [6, 6.07) is 11.6. The van der Waals surface area contributed by atoms with Crippen LogP contribution in [0, 0.1) is 0 Å². The lowest BCUT2D eigenvalue weighted by Crippen LogP contribution is -2.45. The number of anilines is 2. The molecule has 9 nitrogen and oxygen atoms in total. The van der Waals surface area contributed by atoms with Crippen molar-refractivity contribution in [2.45, 2.75) is 38.6 Å². The molecule has 2 aromatic heterocycles. The summed E-state index contributed by atoms with van der Waals surface area (Å²) < 4.78 is 52.4. The molecule has 12 heteroatoms. The standard InChI is InChI=1S/C30H31F3N6O3/c1-16(2)13-41-15-37-20-7-4-17(5-8-20)26-24(25-27(34)35-14-36-28(25)39(26)3)18-6-9-22(23(10-18)42-30(32)33)29(40)38-21-11-19(31)12-21/h4-10,14,19,21,30,37H,1,11-13,15H2,2-3H3,(H,38,40)(H2,34,35,36). The molecular formula is C30H31F3N6O3. The van der Waals surface area contributed by atoms with Gasteiger partial charge in [0.15, 0.2) is 0 Å². The van der Waals surface area contributed by atoms with E-state index in [1.54, 1.807) is 6.07 Å². The van der Waals surface area contributed by atoms with Crippen molar-refractivity contribution in [3.8, 4) is 28.1 Å². The summed E-state index contributed by atoms with van der Waals surface area (Å²) in [5.41, 5.74) is 11.0. The zero-order valence-electron chi connectivity index (χ0n) is 23.2. The molecule has 4 N–H and O–H groups in total. The molecular weight excluding hydrogens is 549 g/mol. The Kier molecular flexibility index (Phi) is 8.34. The fourth-order valence-corrected chi connectivity index (χ4v) is 4.99. The second kappa shape index (κ2) is 12.1. The Morgan fingerprint density at radius 2 is 1.88 bits per heavy atom. The van der Waals surface area contributed by atoms with Crippen LogP contribution in [0.25, 0.3) is 33.4 Å². The van der Waals surface area contributed by atoms with Gasteiger partial charge in [-0.2, -0.15) is 8.78 Å². The van der Waals surface area contributed by atoms with Crippen molar-refractivity contribution in [1.29, 1.82) is 0 Å². The first-order valence-electron chi connectivity index (χ1n) is 13.3. The van der Waals surface area contributed by atoms with E-state index in [9.17, 15) is 18.0 Å². The number of alkyl halides is 3. The van der Waals surface area contributed by atoms with Gasteiger partial charge in [-0.3, -0.25) is 4.79 Å². The summed E-state index contributed by atoms with van der Waals surface area (Å²) in [4.78, 5) is 21.5. The summed E-state index contributed by atoms with van der Waals surface area (Å²) in [7, 11) is 1.82. The van der Waals surface area contributed by atoms with Gasteiger partial charge in [0.2, 0.25) is 0 Å². The number of nitrogens with two attached hydrogens (primary N) is 1. The number of carbonyl (C=O) groups is 1. The minimum absolute atomic E-state index is 0.0864. The lowest BCUT2D eigenvalue weighted by atomic mass is 9.90. The van der Waals surface area contributed by atoms with Crippen LogP contribution in [0.2, 0.25) is 0 Å². The van der Waals surface area contributed by atoms with Crippen LogP contribution in [-0.2, 0) is 11.8 Å². The Hall–Kier alpha value is -4.58. The smallest absolute Gasteiger partial charge is 0.387 e. The molecule has 0 radical (unpaired) electrons. The third-order valence-corrected chi connectivity index (χ3v) is 7.03. The molecule has 1 aliphatic carbocycles. The monoisotopic (exact) mass is 580 g/mol. The molecule has 1 aliphatic rings. The fourth-order valence-electron chi connectivity index (χ4n) is 4.99. The zero-order chi connectivity index (χ0) is 30.0. The van der Waals surface area contributed by atoms with Crippen molar-refractivity contribution >= 4 is 28.4 Å². The Labute approximate surface area is 240 Å². The molecule has 0 saturated heterocycles. The number of aromatic nitrogens is 3. The van der Waals surface area contributed by atoms with Gasteiger partial charge in [0.05, 0.1) is 23.3 Å². The van der Waals surface area contributed by atoms with E-state index < -0.39 is 18.7 Å². The molecule has 220 valence electrons. The second-order valence-corrected chi connectivity index (χ2v) is 10.3. The molecule has 0 atom stereocenters. The number of ether oxygens (including phenoxy) is 2. The van der Waals surface area contributed by atoms with Gasteiger partial charge in [0, 0.05) is 24.3 Å². The van der Waals surface area contributed by atoms with Crippen molar-refractivity contribution < 1.29 is 27.4 Å². The topological polar surface area (TPSA) is 116 Å². The predicted molar refractivity (Wildman–Crippen MR) is 155 cm³/mol. The zero-order valence-corrected chi connectivity index (χ0v) is 23.2. The normalized spacial score (nSPS) is 16.3. The van der Waals surface area contributed by atoms with E-state index in [4.69, 9.17) is 15.2 Å². The molecule has 0 bridgehead atoms. The summed E-state index contributed by atoms with van der Waals surface area (Å²) in [6.07, 6.45) is 0.739. The van der Waals surface area contributed by atoms with Crippen LogP contribution >= 0.6 is 0 Å². The number of benzene rings is 2. The number of fused-ring (bicyclic) bond motifs is 1. The number of nitrogens with one attached hydrogen (secondary N) is 2. The fraction of sp³-hybridized carbons (Fsp3) is 0.300. The van der Waals surface area contributed by atoms with Gasteiger partial charge in [-0.15, -0.1) is 0 Å². The highest BCUT2D eigenvalue weighted by Crippen LogP contribution is 2.43. The van der Waals surface area contributed by atoms with E-state index >= 15 is 0 Å². The van der Waals surface area contributed by atoms with Crippen molar-refractivity contribution in [1.82, 2.24) is 19.9 Å². The Morgan fingerprint density at radius 1 is 1.17 bits per heavy atom. The van der Waals surface area contributed by atoms with E-state index in [-0.39, 0.29) is 36.0 Å². The highest BCUT2D eigenvalue weighted by molar-refractivity contribution is 6.08. The third kappa shape index (κ3) is 6.03. The van der Waals surface area contributed by atoms with Gasteiger partial charge in [-0.25, -0.2) is 14.4 Å². The maximum Gasteiger partial charge on any atom is 0.387 e. The molecule has 1 amide bonds. The first-order valence-corrected chi connectivity index (χ1v) is 13.3. The first-order chi connectivity index (χ1) is 20.1. The molecule has 5 rings (SSSR count). The number of aryl methyl sites for hydroxylation is 1. The van der Waals surface area contributed by atoms with Crippen LogP contribution in [0.4, 0.5) is 24.7 Å². The maximum atomic E-state index is 13.5. The number of nitrogens with zero attached hydrogens (tertiary/aromatic N) is 3. The number of hydrogen-bond donors (Lipinski definition) is 3. The van der Waals surface area contributed by atoms with Gasteiger partial charge in [-0.05, 0) is 55.2 Å². The molecule has 4 aromatic rings. The lowest BCUT2D eigenvalue weighted by molar-refractivity contribution is -0.0501. The lowest BCUT2D eigenvalue weighted by Gasteiger charge is -2.30. The number of hydrogen-bond acceptors (Lipinski definition) is 7. The maximum absolute atomic E-state index is 13.5. The Morgan fingerprint density at radius 3 is 2.55 bits per heavy atom. The largest absolute Gasteiger partial charge is 0.434 e. The van der Waals surface area contributed by atoms with Crippen molar-refractivity contribution in [3.63, 3.8) is 0 Å². The van der Waals surface area contributed by atoms with Crippen molar-refractivity contribution in [3.05, 3.63) is 66.5 Å². The van der Waals surface area contributed by atoms with E-state index in [1.165, 1.54) is 18.5 Å². The van der Waals surface area contributed by atoms with Crippen LogP contribution in [0.5, 0.6) is 5.75 Å². The Bertz CT molecular complexity index is 1620. The molecule has 2 heterocycles. The second-order valence-electron chi connectivity index (χ2n) is 10.3. The number of rotatable bonds is 11. The first kappa shape index (κ1) is 28.9. The number of amides is 1. The van der Waals surface area contributed by atoms with Crippen LogP contribution in [0.3, 0.4) is 0 Å². The van der Waals surface area contributed by atoms with E-state index in [1.807, 2.05) is 42.8 Å². The van der Waals surface area contributed by atoms with E-state index in [0.717, 1.165) is 16.8 Å². The molecule has 42 heavy (non-hydrogen) atoms. The van der Waals surface area contributed by atoms with Crippen LogP contribution in [0.1, 0.15) is 30.1 Å². The van der Waals surface area contributed by atoms with Crippen molar-refractivity contribution in [2.24, 2.45) is 7.05 Å². The molecule has 0 unspecified atom stereocenters. The number of halogens is 3. The minimum atomic E-state index is -3.18.